The van der Waals surface area contributed by atoms with E-state index in [0.29, 0.717) is 5.56 Å². The predicted molar refractivity (Wildman–Crippen MR) is 93.5 cm³/mol. The second-order valence-corrected chi connectivity index (χ2v) is 5.13. The minimum atomic E-state index is -3.05. The van der Waals surface area contributed by atoms with Gasteiger partial charge in [0.1, 0.15) is 0 Å². The van der Waals surface area contributed by atoms with Crippen molar-refractivity contribution in [1.29, 1.82) is 0 Å². The Balaban J connectivity index is 2.13. The summed E-state index contributed by atoms with van der Waals surface area (Å²) in [4.78, 5) is 26.9. The number of nitro groups is 1. The molecule has 0 aliphatic rings. The van der Waals surface area contributed by atoms with Crippen molar-refractivity contribution in [3.63, 3.8) is 0 Å². The first-order valence-corrected chi connectivity index (χ1v) is 7.83. The van der Waals surface area contributed by atoms with Crippen LogP contribution in [0.5, 0.6) is 11.5 Å². The van der Waals surface area contributed by atoms with Gasteiger partial charge in [0.2, 0.25) is 0 Å². The number of hydrogen-bond donors (Lipinski definition) is 1. The van der Waals surface area contributed by atoms with E-state index in [4.69, 9.17) is 15.3 Å². The van der Waals surface area contributed by atoms with Gasteiger partial charge >= 0.3 is 12.6 Å². The average Bonchev–Trinajstić information content (AvgIpc) is 2.67. The van der Waals surface area contributed by atoms with Crippen molar-refractivity contribution in [2.75, 3.05) is 6.61 Å². The lowest BCUT2D eigenvalue weighted by Crippen LogP contribution is -2.15. The summed E-state index contributed by atoms with van der Waals surface area (Å²) in [5.74, 6) is -1.41. The zero-order chi connectivity index (χ0) is 20.7. The molecule has 28 heavy (non-hydrogen) atoms. The number of carbonyl (C=O) groups excluding carboxylic acids is 1. The predicted octanol–water partition coefficient (Wildman–Crippen LogP) is 3.07. The fraction of sp³-hybridized carbons (Fsp3) is 0.176. The maximum Gasteiger partial charge on any atom is 0.387 e. The molecule has 0 heterocycles. The molecule has 0 bridgehead atoms. The molecule has 0 aromatic heterocycles. The molecule has 148 valence electrons. The van der Waals surface area contributed by atoms with E-state index >= 15 is 0 Å². The van der Waals surface area contributed by atoms with Gasteiger partial charge in [-0.25, -0.2) is 4.79 Å². The molecular weight excluding hydrogens is 380 g/mol. The second-order valence-electron chi connectivity index (χ2n) is 5.13. The van der Waals surface area contributed by atoms with Crippen LogP contribution >= 0.6 is 0 Å². The van der Waals surface area contributed by atoms with Gasteiger partial charge in [-0.2, -0.15) is 8.78 Å². The van der Waals surface area contributed by atoms with Crippen LogP contribution in [0.15, 0.2) is 47.6 Å². The van der Waals surface area contributed by atoms with Crippen LogP contribution in [0, 0.1) is 10.1 Å². The summed E-state index contributed by atoms with van der Waals surface area (Å²) in [5.41, 5.74) is 5.81. The van der Waals surface area contributed by atoms with Crippen LogP contribution < -0.4 is 15.2 Å². The summed E-state index contributed by atoms with van der Waals surface area (Å²) in [6.45, 7) is -1.27. The van der Waals surface area contributed by atoms with E-state index in [0.717, 1.165) is 6.07 Å². The van der Waals surface area contributed by atoms with Crippen molar-refractivity contribution in [1.82, 2.24) is 0 Å². The van der Waals surface area contributed by atoms with Gasteiger partial charge in [0.25, 0.3) is 5.69 Å². The molecule has 2 N–H and O–H groups in total. The largest absolute Gasteiger partial charge is 0.490 e. The number of hydrogen-bond acceptors (Lipinski definition) is 7. The average molecular weight is 395 g/mol. The highest BCUT2D eigenvalue weighted by molar-refractivity contribution is 5.98. The van der Waals surface area contributed by atoms with Gasteiger partial charge in [-0.05, 0) is 37.3 Å². The first kappa shape index (κ1) is 20.6. The van der Waals surface area contributed by atoms with E-state index in [9.17, 15) is 23.7 Å². The third-order valence-corrected chi connectivity index (χ3v) is 3.30. The molecule has 9 nitrogen and oxygen atoms in total. The summed E-state index contributed by atoms with van der Waals surface area (Å²) < 4.78 is 34.3. The Kier molecular flexibility index (Phi) is 6.79. The molecular formula is C17H15F2N3O6. The molecule has 2 aromatic carbocycles. The summed E-state index contributed by atoms with van der Waals surface area (Å²) in [6, 6.07) is 8.62. The highest BCUT2D eigenvalue weighted by atomic mass is 19.3. The van der Waals surface area contributed by atoms with Crippen molar-refractivity contribution in [2.45, 2.75) is 13.5 Å². The third-order valence-electron chi connectivity index (χ3n) is 3.30. The Morgan fingerprint density at radius 1 is 1.18 bits per heavy atom. The molecule has 0 aliphatic carbocycles. The van der Waals surface area contributed by atoms with E-state index in [2.05, 4.69) is 9.89 Å². The number of alkyl halides is 2. The van der Waals surface area contributed by atoms with Crippen LogP contribution in [0.3, 0.4) is 0 Å². The Bertz CT molecular complexity index is 887. The molecule has 0 aliphatic heterocycles. The summed E-state index contributed by atoms with van der Waals surface area (Å²) in [5, 5.41) is 14.1. The standard InChI is InChI=1S/C17H15F2N3O6/c1-2-26-14-9-11(5-8-13(14)27-17(18)19)16(23)28-21-15(20)10-3-6-12(7-4-10)22(24)25/h3-9,17H,2H2,1H3,(H2,20,21). The number of benzene rings is 2. The Morgan fingerprint density at radius 2 is 1.82 bits per heavy atom. The molecule has 0 saturated heterocycles. The highest BCUT2D eigenvalue weighted by Gasteiger charge is 2.16. The van der Waals surface area contributed by atoms with E-state index in [1.54, 1.807) is 6.92 Å². The highest BCUT2D eigenvalue weighted by Crippen LogP contribution is 2.30. The monoisotopic (exact) mass is 395 g/mol. The second kappa shape index (κ2) is 9.26. The summed E-state index contributed by atoms with van der Waals surface area (Å²) >= 11 is 0. The molecule has 0 atom stereocenters. The molecule has 0 radical (unpaired) electrons. The number of halogens is 2. The van der Waals surface area contributed by atoms with Crippen molar-refractivity contribution < 1.29 is 32.8 Å². The fourth-order valence-corrected chi connectivity index (χ4v) is 2.05. The molecule has 0 saturated carbocycles. The molecule has 11 heteroatoms. The lowest BCUT2D eigenvalue weighted by molar-refractivity contribution is -0.384. The molecule has 2 rings (SSSR count). The van der Waals surface area contributed by atoms with Crippen molar-refractivity contribution in [3.8, 4) is 11.5 Å². The van der Waals surface area contributed by atoms with Crippen LogP contribution in [0.2, 0.25) is 0 Å². The van der Waals surface area contributed by atoms with Crippen molar-refractivity contribution in [3.05, 3.63) is 63.7 Å². The van der Waals surface area contributed by atoms with Crippen LogP contribution in [-0.2, 0) is 4.84 Å². The van der Waals surface area contributed by atoms with Gasteiger partial charge in [0.15, 0.2) is 17.3 Å². The van der Waals surface area contributed by atoms with E-state index in [1.807, 2.05) is 0 Å². The number of amidine groups is 1. The lowest BCUT2D eigenvalue weighted by atomic mass is 10.2. The Morgan fingerprint density at radius 3 is 2.39 bits per heavy atom. The Labute approximate surface area is 157 Å². The number of ether oxygens (including phenoxy) is 2. The molecule has 0 fully saturated rings. The van der Waals surface area contributed by atoms with E-state index in [1.165, 1.54) is 36.4 Å². The number of nitrogens with two attached hydrogens (primary N) is 1. The maximum atomic E-state index is 12.4. The minimum Gasteiger partial charge on any atom is -0.490 e. The SMILES string of the molecule is CCOc1cc(C(=O)O/N=C(\N)c2ccc([N+](=O)[O-])cc2)ccc1OC(F)F. The van der Waals surface area contributed by atoms with Gasteiger partial charge in [0, 0.05) is 17.7 Å². The maximum absolute atomic E-state index is 12.4. The van der Waals surface area contributed by atoms with Gasteiger partial charge in [-0.3, -0.25) is 10.1 Å². The topological polar surface area (TPSA) is 126 Å². The van der Waals surface area contributed by atoms with E-state index in [-0.39, 0.29) is 35.2 Å². The number of rotatable bonds is 8. The van der Waals surface area contributed by atoms with Gasteiger partial charge < -0.3 is 20.0 Å². The fourth-order valence-electron chi connectivity index (χ4n) is 2.05. The zero-order valence-corrected chi connectivity index (χ0v) is 14.5. The molecule has 0 spiro atoms. The van der Waals surface area contributed by atoms with E-state index < -0.39 is 17.5 Å². The number of nitrogens with zero attached hydrogens (tertiary/aromatic N) is 2. The first-order valence-electron chi connectivity index (χ1n) is 7.83. The molecule has 0 unspecified atom stereocenters. The smallest absolute Gasteiger partial charge is 0.387 e. The summed E-state index contributed by atoms with van der Waals surface area (Å²) in [6.07, 6.45) is 0. The van der Waals surface area contributed by atoms with Crippen LogP contribution in [0.1, 0.15) is 22.8 Å². The minimum absolute atomic E-state index is 0.0367. The lowest BCUT2D eigenvalue weighted by Gasteiger charge is -2.11. The number of nitro benzene ring substituents is 1. The normalized spacial score (nSPS) is 11.2. The zero-order valence-electron chi connectivity index (χ0n) is 14.5. The van der Waals surface area contributed by atoms with Crippen LogP contribution in [0.25, 0.3) is 0 Å². The van der Waals surface area contributed by atoms with Crippen LogP contribution in [-0.4, -0.2) is 29.9 Å². The third kappa shape index (κ3) is 5.37. The molecule has 0 amide bonds. The quantitative estimate of drug-likeness (QED) is 0.239. The van der Waals surface area contributed by atoms with Gasteiger partial charge in [0.05, 0.1) is 17.1 Å². The number of non-ortho nitro benzene ring substituents is 1. The van der Waals surface area contributed by atoms with Crippen molar-refractivity contribution in [2.24, 2.45) is 10.9 Å². The van der Waals surface area contributed by atoms with Crippen molar-refractivity contribution >= 4 is 17.5 Å². The van der Waals surface area contributed by atoms with Crippen LogP contribution in [0.4, 0.5) is 14.5 Å². The summed E-state index contributed by atoms with van der Waals surface area (Å²) in [7, 11) is 0. The van der Waals surface area contributed by atoms with Gasteiger partial charge in [-0.15, -0.1) is 0 Å². The van der Waals surface area contributed by atoms with Gasteiger partial charge in [-0.1, -0.05) is 5.16 Å². The Hall–Kier alpha value is -3.76. The molecule has 2 aromatic rings. The first-order chi connectivity index (χ1) is 13.3. The number of carbonyl (C=O) groups is 1. The number of oxime groups is 1.